The van der Waals surface area contributed by atoms with E-state index in [0.717, 1.165) is 72.1 Å². The standard InChI is InChI=1S/C49H33NO2/c1-49(2)42-19-8-5-14-34(42)35-24-22-32(28-43(35)49)50(33-23-25-38-37-16-7-10-21-45(37)51-47(38)29-33)44-20-9-6-15-36(44)39-17-11-18-40-41-26-30-12-3-4-13-31(30)27-46(41)52-48(39)40/h3-29H,1-2H3. The third-order valence-electron chi connectivity index (χ3n) is 11.2. The van der Waals surface area contributed by atoms with Crippen molar-refractivity contribution in [1.82, 2.24) is 0 Å². The first kappa shape index (κ1) is 29.2. The molecule has 1 aliphatic carbocycles. The van der Waals surface area contributed by atoms with Crippen molar-refractivity contribution in [2.24, 2.45) is 0 Å². The zero-order valence-corrected chi connectivity index (χ0v) is 28.9. The predicted octanol–water partition coefficient (Wildman–Crippen LogP) is 14.1. The molecule has 1 aliphatic rings. The summed E-state index contributed by atoms with van der Waals surface area (Å²) in [4.78, 5) is 2.39. The van der Waals surface area contributed by atoms with E-state index in [1.54, 1.807) is 0 Å². The number of fused-ring (bicyclic) bond motifs is 10. The third-order valence-corrected chi connectivity index (χ3v) is 11.2. The summed E-state index contributed by atoms with van der Waals surface area (Å²) in [5, 5.41) is 6.85. The number of para-hydroxylation sites is 3. The molecule has 0 spiro atoms. The van der Waals surface area contributed by atoms with E-state index in [0.29, 0.717) is 0 Å². The van der Waals surface area contributed by atoms with Gasteiger partial charge in [0.1, 0.15) is 22.3 Å². The molecule has 2 aromatic heterocycles. The molecule has 3 heteroatoms. The SMILES string of the molecule is CC1(C)c2ccccc2-c2ccc(N(c3ccc4c(c3)oc3ccccc34)c3ccccc3-c3cccc4c3oc3cc5ccccc5cc34)cc21. The van der Waals surface area contributed by atoms with Gasteiger partial charge >= 0.3 is 0 Å². The third kappa shape index (κ3) is 4.14. The largest absolute Gasteiger partial charge is 0.456 e. The molecular formula is C49H33NO2. The van der Waals surface area contributed by atoms with Crippen molar-refractivity contribution in [2.45, 2.75) is 19.3 Å². The van der Waals surface area contributed by atoms with E-state index < -0.39 is 0 Å². The van der Waals surface area contributed by atoms with E-state index in [4.69, 9.17) is 8.83 Å². The second kappa shape index (κ2) is 10.7. The number of nitrogens with zero attached hydrogens (tertiary/aromatic N) is 1. The lowest BCUT2D eigenvalue weighted by Crippen LogP contribution is -2.16. The first-order valence-corrected chi connectivity index (χ1v) is 17.9. The highest BCUT2D eigenvalue weighted by Crippen LogP contribution is 2.52. The van der Waals surface area contributed by atoms with E-state index in [1.165, 1.54) is 33.0 Å². The summed E-state index contributed by atoms with van der Waals surface area (Å²) in [6.45, 7) is 4.68. The summed E-state index contributed by atoms with van der Waals surface area (Å²) in [5.74, 6) is 0. The first-order chi connectivity index (χ1) is 25.5. The zero-order valence-electron chi connectivity index (χ0n) is 28.9. The van der Waals surface area contributed by atoms with Crippen LogP contribution in [0.3, 0.4) is 0 Å². The molecule has 0 bridgehead atoms. The van der Waals surface area contributed by atoms with Gasteiger partial charge in [-0.05, 0) is 81.6 Å². The number of hydrogen-bond donors (Lipinski definition) is 0. The van der Waals surface area contributed by atoms with Crippen molar-refractivity contribution in [3.05, 3.63) is 175 Å². The normalized spacial score (nSPS) is 13.3. The van der Waals surface area contributed by atoms with E-state index in [1.807, 2.05) is 12.1 Å². The fourth-order valence-corrected chi connectivity index (χ4v) is 8.70. The molecule has 8 aromatic carbocycles. The van der Waals surface area contributed by atoms with Gasteiger partial charge in [-0.2, -0.15) is 0 Å². The summed E-state index contributed by atoms with van der Waals surface area (Å²) in [5.41, 5.74) is 14.0. The van der Waals surface area contributed by atoms with Crippen molar-refractivity contribution in [2.75, 3.05) is 4.90 Å². The summed E-state index contributed by atoms with van der Waals surface area (Å²) < 4.78 is 13.2. The van der Waals surface area contributed by atoms with Crippen molar-refractivity contribution < 1.29 is 8.83 Å². The summed E-state index contributed by atoms with van der Waals surface area (Å²) in [6.07, 6.45) is 0. The monoisotopic (exact) mass is 667 g/mol. The molecule has 0 N–H and O–H groups in total. The Labute approximate surface area is 301 Å². The molecule has 0 amide bonds. The molecule has 10 aromatic rings. The van der Waals surface area contributed by atoms with Gasteiger partial charge in [0.15, 0.2) is 0 Å². The van der Waals surface area contributed by atoms with Crippen molar-refractivity contribution >= 4 is 71.7 Å². The number of anilines is 3. The van der Waals surface area contributed by atoms with E-state index in [2.05, 4.69) is 170 Å². The second-order valence-electron chi connectivity index (χ2n) is 14.5. The maximum atomic E-state index is 6.77. The predicted molar refractivity (Wildman–Crippen MR) is 216 cm³/mol. The Morgan fingerprint density at radius 3 is 1.94 bits per heavy atom. The molecule has 52 heavy (non-hydrogen) atoms. The summed E-state index contributed by atoms with van der Waals surface area (Å²) in [6, 6.07) is 58.8. The van der Waals surface area contributed by atoms with Crippen LogP contribution >= 0.6 is 0 Å². The lowest BCUT2D eigenvalue weighted by molar-refractivity contribution is 0.660. The van der Waals surface area contributed by atoms with E-state index >= 15 is 0 Å². The van der Waals surface area contributed by atoms with Crippen LogP contribution in [0.1, 0.15) is 25.0 Å². The van der Waals surface area contributed by atoms with Crippen LogP contribution in [0.15, 0.2) is 173 Å². The molecular weight excluding hydrogens is 635 g/mol. The number of furan rings is 2. The van der Waals surface area contributed by atoms with Crippen LogP contribution in [0.5, 0.6) is 0 Å². The Kier molecular flexibility index (Phi) is 6.01. The molecule has 0 unspecified atom stereocenters. The topological polar surface area (TPSA) is 29.5 Å². The minimum Gasteiger partial charge on any atom is -0.456 e. The summed E-state index contributed by atoms with van der Waals surface area (Å²) >= 11 is 0. The molecule has 0 saturated heterocycles. The maximum Gasteiger partial charge on any atom is 0.143 e. The number of rotatable bonds is 4. The van der Waals surface area contributed by atoms with Gasteiger partial charge in [0.25, 0.3) is 0 Å². The van der Waals surface area contributed by atoms with Crippen molar-refractivity contribution in [1.29, 1.82) is 0 Å². The maximum absolute atomic E-state index is 6.77. The molecule has 0 atom stereocenters. The van der Waals surface area contributed by atoms with Gasteiger partial charge in [0, 0.05) is 55.5 Å². The average Bonchev–Trinajstić information content (AvgIpc) is 3.81. The Morgan fingerprint density at radius 1 is 0.404 bits per heavy atom. The van der Waals surface area contributed by atoms with Crippen LogP contribution < -0.4 is 4.90 Å². The Balaban J connectivity index is 1.16. The van der Waals surface area contributed by atoms with Gasteiger partial charge in [-0.25, -0.2) is 0 Å². The van der Waals surface area contributed by atoms with Crippen LogP contribution in [-0.4, -0.2) is 0 Å². The number of hydrogen-bond acceptors (Lipinski definition) is 3. The molecule has 2 heterocycles. The molecule has 246 valence electrons. The minimum atomic E-state index is -0.140. The molecule has 0 aliphatic heterocycles. The lowest BCUT2D eigenvalue weighted by atomic mass is 9.82. The van der Waals surface area contributed by atoms with Crippen LogP contribution in [0.4, 0.5) is 17.1 Å². The van der Waals surface area contributed by atoms with Crippen molar-refractivity contribution in [3.63, 3.8) is 0 Å². The Morgan fingerprint density at radius 2 is 1.04 bits per heavy atom. The van der Waals surface area contributed by atoms with E-state index in [9.17, 15) is 0 Å². The molecule has 0 saturated carbocycles. The van der Waals surface area contributed by atoms with E-state index in [-0.39, 0.29) is 5.41 Å². The van der Waals surface area contributed by atoms with Gasteiger partial charge in [-0.1, -0.05) is 123 Å². The fourth-order valence-electron chi connectivity index (χ4n) is 8.70. The Bertz CT molecular complexity index is 3070. The second-order valence-corrected chi connectivity index (χ2v) is 14.5. The summed E-state index contributed by atoms with van der Waals surface area (Å²) in [7, 11) is 0. The molecule has 11 rings (SSSR count). The highest BCUT2D eigenvalue weighted by molar-refractivity contribution is 6.14. The van der Waals surface area contributed by atoms with Crippen LogP contribution in [0.25, 0.3) is 76.9 Å². The van der Waals surface area contributed by atoms with Gasteiger partial charge in [-0.3, -0.25) is 0 Å². The van der Waals surface area contributed by atoms with Crippen LogP contribution in [0.2, 0.25) is 0 Å². The highest BCUT2D eigenvalue weighted by atomic mass is 16.3. The fraction of sp³-hybridized carbons (Fsp3) is 0.0612. The van der Waals surface area contributed by atoms with Gasteiger partial charge in [0.05, 0.1) is 5.69 Å². The van der Waals surface area contributed by atoms with Gasteiger partial charge in [0.2, 0.25) is 0 Å². The van der Waals surface area contributed by atoms with Gasteiger partial charge in [-0.15, -0.1) is 0 Å². The van der Waals surface area contributed by atoms with Crippen LogP contribution in [-0.2, 0) is 5.41 Å². The van der Waals surface area contributed by atoms with Gasteiger partial charge < -0.3 is 13.7 Å². The van der Waals surface area contributed by atoms with Crippen molar-refractivity contribution in [3.8, 4) is 22.3 Å². The first-order valence-electron chi connectivity index (χ1n) is 17.9. The Hall–Kier alpha value is -6.58. The molecule has 0 radical (unpaired) electrons. The zero-order chi connectivity index (χ0) is 34.6. The lowest BCUT2D eigenvalue weighted by Gasteiger charge is -2.29. The number of benzene rings is 8. The smallest absolute Gasteiger partial charge is 0.143 e. The molecule has 0 fully saturated rings. The average molecular weight is 668 g/mol. The molecule has 3 nitrogen and oxygen atoms in total. The quantitative estimate of drug-likeness (QED) is 0.187. The van der Waals surface area contributed by atoms with Crippen LogP contribution in [0, 0.1) is 0 Å². The minimum absolute atomic E-state index is 0.140. The highest BCUT2D eigenvalue weighted by Gasteiger charge is 2.36.